The molecule has 0 amide bonds. The number of halogens is 3. The van der Waals surface area contributed by atoms with E-state index in [1.165, 1.54) is 6.07 Å². The van der Waals surface area contributed by atoms with Gasteiger partial charge in [-0.15, -0.1) is 0 Å². The summed E-state index contributed by atoms with van der Waals surface area (Å²) in [6.45, 7) is 0. The average molecular weight is 267 g/mol. The van der Waals surface area contributed by atoms with Gasteiger partial charge in [-0.25, -0.2) is 17.2 Å². The van der Waals surface area contributed by atoms with Crippen molar-refractivity contribution in [2.24, 2.45) is 0 Å². The van der Waals surface area contributed by atoms with Gasteiger partial charge >= 0.3 is 0 Å². The fourth-order valence-corrected chi connectivity index (χ4v) is 3.20. The molecular weight excluding hydrogens is 258 g/mol. The summed E-state index contributed by atoms with van der Waals surface area (Å²) < 4.78 is 47.5. The Morgan fingerprint density at radius 2 is 1.94 bits per heavy atom. The minimum absolute atomic E-state index is 0.00491. The van der Waals surface area contributed by atoms with Gasteiger partial charge in [-0.1, -0.05) is 6.07 Å². The maximum atomic E-state index is 13.3. The predicted molar refractivity (Wildman–Crippen MR) is 56.8 cm³/mol. The van der Waals surface area contributed by atoms with Crippen molar-refractivity contribution in [3.05, 3.63) is 35.4 Å². The number of rotatable bonds is 3. The molecule has 0 unspecified atom stereocenters. The van der Waals surface area contributed by atoms with Crippen molar-refractivity contribution in [3.8, 4) is 0 Å². The van der Waals surface area contributed by atoms with E-state index in [4.69, 9.17) is 10.7 Å². The van der Waals surface area contributed by atoms with Gasteiger partial charge in [0.25, 0.3) is 0 Å². The maximum absolute atomic E-state index is 13.3. The number of hydrogen-bond acceptors (Lipinski definition) is 2. The molecule has 1 fully saturated rings. The first-order valence-electron chi connectivity index (χ1n) is 4.72. The molecular formula is C10H9ClF2O2S. The predicted octanol–water partition coefficient (Wildman–Crippen LogP) is 2.61. The van der Waals surface area contributed by atoms with E-state index in [1.54, 1.807) is 0 Å². The third kappa shape index (κ3) is 2.06. The highest BCUT2D eigenvalue weighted by atomic mass is 35.7. The van der Waals surface area contributed by atoms with Crippen molar-refractivity contribution >= 4 is 19.7 Å². The minimum Gasteiger partial charge on any atom is -0.212 e. The van der Waals surface area contributed by atoms with Crippen molar-refractivity contribution in [1.29, 1.82) is 0 Å². The first-order chi connectivity index (χ1) is 7.34. The van der Waals surface area contributed by atoms with Crippen LogP contribution in [-0.4, -0.2) is 13.2 Å². The van der Waals surface area contributed by atoms with Gasteiger partial charge in [0.15, 0.2) is 0 Å². The van der Waals surface area contributed by atoms with Gasteiger partial charge in [0.2, 0.25) is 9.05 Å². The van der Waals surface area contributed by atoms with Crippen LogP contribution in [-0.2, 0) is 15.5 Å². The summed E-state index contributed by atoms with van der Waals surface area (Å²) >= 11 is 0. The topological polar surface area (TPSA) is 34.1 Å². The van der Waals surface area contributed by atoms with Crippen LogP contribution < -0.4 is 0 Å². The molecule has 0 spiro atoms. The lowest BCUT2D eigenvalue weighted by Gasteiger charge is -2.11. The molecule has 1 aliphatic rings. The Kier molecular flexibility index (Phi) is 2.70. The fraction of sp³-hybridized carbons (Fsp3) is 0.400. The van der Waals surface area contributed by atoms with E-state index in [1.807, 2.05) is 0 Å². The first kappa shape index (κ1) is 11.8. The van der Waals surface area contributed by atoms with Gasteiger partial charge < -0.3 is 0 Å². The van der Waals surface area contributed by atoms with Crippen LogP contribution in [0.25, 0.3) is 0 Å². The Morgan fingerprint density at radius 1 is 1.31 bits per heavy atom. The zero-order valence-electron chi connectivity index (χ0n) is 8.21. The molecule has 2 rings (SSSR count). The van der Waals surface area contributed by atoms with Crippen LogP contribution >= 0.6 is 10.7 Å². The molecule has 0 N–H and O–H groups in total. The van der Waals surface area contributed by atoms with Gasteiger partial charge in [-0.3, -0.25) is 0 Å². The molecule has 16 heavy (non-hydrogen) atoms. The van der Waals surface area contributed by atoms with Crippen molar-refractivity contribution in [2.75, 3.05) is 0 Å². The number of benzene rings is 1. The van der Waals surface area contributed by atoms with E-state index in [0.29, 0.717) is 12.8 Å². The van der Waals surface area contributed by atoms with Crippen LogP contribution in [0.1, 0.15) is 18.4 Å². The van der Waals surface area contributed by atoms with Crippen LogP contribution in [0.2, 0.25) is 0 Å². The highest BCUT2D eigenvalue weighted by Crippen LogP contribution is 2.48. The Hall–Kier alpha value is -0.680. The second-order valence-electron chi connectivity index (χ2n) is 4.03. The van der Waals surface area contributed by atoms with Crippen LogP contribution in [0.3, 0.4) is 0 Å². The van der Waals surface area contributed by atoms with E-state index in [9.17, 15) is 17.2 Å². The normalized spacial score (nSPS) is 18.4. The van der Waals surface area contributed by atoms with E-state index in [2.05, 4.69) is 0 Å². The van der Waals surface area contributed by atoms with Gasteiger partial charge in [0.05, 0.1) is 4.75 Å². The van der Waals surface area contributed by atoms with E-state index in [-0.39, 0.29) is 12.0 Å². The number of hydrogen-bond donors (Lipinski definition) is 0. The molecule has 2 nitrogen and oxygen atoms in total. The zero-order chi connectivity index (χ0) is 12.0. The second kappa shape index (κ2) is 3.67. The molecule has 88 valence electrons. The monoisotopic (exact) mass is 266 g/mol. The second-order valence-corrected chi connectivity index (χ2v) is 6.99. The molecule has 0 aromatic heterocycles. The van der Waals surface area contributed by atoms with Crippen LogP contribution in [0.4, 0.5) is 8.78 Å². The summed E-state index contributed by atoms with van der Waals surface area (Å²) in [5, 5.41) is 0. The smallest absolute Gasteiger partial charge is 0.212 e. The highest BCUT2D eigenvalue weighted by molar-refractivity contribution is 8.15. The molecule has 1 aromatic carbocycles. The zero-order valence-corrected chi connectivity index (χ0v) is 9.78. The molecule has 0 radical (unpaired) electrons. The van der Waals surface area contributed by atoms with Gasteiger partial charge in [0.1, 0.15) is 11.6 Å². The summed E-state index contributed by atoms with van der Waals surface area (Å²) in [6, 6.07) is 3.11. The van der Waals surface area contributed by atoms with Crippen LogP contribution in [0.15, 0.2) is 18.2 Å². The molecule has 6 heteroatoms. The third-order valence-electron chi connectivity index (χ3n) is 2.85. The maximum Gasteiger partial charge on any atom is 0.238 e. The molecule has 0 aliphatic heterocycles. The lowest BCUT2D eigenvalue weighted by Crippen LogP contribution is -2.21. The summed E-state index contributed by atoms with van der Waals surface area (Å²) in [5.74, 6) is -1.41. The Bertz CT molecular complexity index is 524. The third-order valence-corrected chi connectivity index (χ3v) is 5.42. The standard InChI is InChI=1S/C10H9ClF2O2S/c11-16(14,15)10(3-4-10)6-7-1-2-8(12)5-9(7)13/h1-2,5H,3-4,6H2. The first-order valence-corrected chi connectivity index (χ1v) is 7.03. The SMILES string of the molecule is O=S(=O)(Cl)C1(Cc2ccc(F)cc2F)CC1. The van der Waals surface area contributed by atoms with Crippen molar-refractivity contribution in [3.63, 3.8) is 0 Å². The van der Waals surface area contributed by atoms with Gasteiger partial charge in [-0.05, 0) is 30.9 Å². The lowest BCUT2D eigenvalue weighted by molar-refractivity contribution is 0.562. The molecule has 0 atom stereocenters. The van der Waals surface area contributed by atoms with Crippen molar-refractivity contribution < 1.29 is 17.2 Å². The molecule has 0 heterocycles. The molecule has 1 aliphatic carbocycles. The summed E-state index contributed by atoms with van der Waals surface area (Å²) in [5.41, 5.74) is 0.183. The van der Waals surface area contributed by atoms with Crippen molar-refractivity contribution in [1.82, 2.24) is 0 Å². The Labute approximate surface area is 96.6 Å². The molecule has 0 bridgehead atoms. The quantitative estimate of drug-likeness (QED) is 0.788. The van der Waals surface area contributed by atoms with E-state index in [0.717, 1.165) is 12.1 Å². The summed E-state index contributed by atoms with van der Waals surface area (Å²) in [7, 11) is 1.59. The highest BCUT2D eigenvalue weighted by Gasteiger charge is 2.53. The van der Waals surface area contributed by atoms with Crippen LogP contribution in [0, 0.1) is 11.6 Å². The lowest BCUT2D eigenvalue weighted by atomic mass is 10.1. The summed E-state index contributed by atoms with van der Waals surface area (Å²) in [6.07, 6.45) is 0.857. The van der Waals surface area contributed by atoms with Crippen LogP contribution in [0.5, 0.6) is 0 Å². The fourth-order valence-electron chi connectivity index (χ4n) is 1.66. The van der Waals surface area contributed by atoms with Gasteiger partial charge in [0, 0.05) is 16.7 Å². The molecule has 1 aromatic rings. The average Bonchev–Trinajstić information content (AvgIpc) is 2.90. The molecule has 0 saturated heterocycles. The molecule has 1 saturated carbocycles. The summed E-state index contributed by atoms with van der Waals surface area (Å²) in [4.78, 5) is 0. The van der Waals surface area contributed by atoms with Gasteiger partial charge in [-0.2, -0.15) is 0 Å². The van der Waals surface area contributed by atoms with E-state index >= 15 is 0 Å². The Balaban J connectivity index is 2.29. The van der Waals surface area contributed by atoms with Crippen molar-refractivity contribution in [2.45, 2.75) is 24.0 Å². The largest absolute Gasteiger partial charge is 0.238 e. The van der Waals surface area contributed by atoms with E-state index < -0.39 is 25.4 Å². The Morgan fingerprint density at radius 3 is 2.38 bits per heavy atom. The minimum atomic E-state index is -3.70.